The van der Waals surface area contributed by atoms with E-state index < -0.39 is 10.0 Å². The predicted octanol–water partition coefficient (Wildman–Crippen LogP) is 0.961. The summed E-state index contributed by atoms with van der Waals surface area (Å²) in [4.78, 5) is 14.1. The third-order valence-corrected chi connectivity index (χ3v) is 5.73. The zero-order valence-corrected chi connectivity index (χ0v) is 13.5. The molecular formula is C15H21N3O3S. The molecule has 6 nitrogen and oxygen atoms in total. The Morgan fingerprint density at radius 2 is 1.86 bits per heavy atom. The van der Waals surface area contributed by atoms with Gasteiger partial charge in [-0.05, 0) is 24.0 Å². The van der Waals surface area contributed by atoms with Gasteiger partial charge in [-0.2, -0.15) is 4.31 Å². The van der Waals surface area contributed by atoms with Crippen LogP contribution in [0.4, 0.5) is 4.79 Å². The van der Waals surface area contributed by atoms with E-state index in [-0.39, 0.29) is 12.1 Å². The van der Waals surface area contributed by atoms with E-state index >= 15 is 0 Å². The van der Waals surface area contributed by atoms with Crippen molar-refractivity contribution in [3.05, 3.63) is 35.4 Å². The number of carbonyl (C=O) groups excluding carboxylic acids is 1. The summed E-state index contributed by atoms with van der Waals surface area (Å²) in [5.41, 5.74) is 2.50. The number of nitrogens with zero attached hydrogens (tertiary/aromatic N) is 2. The third kappa shape index (κ3) is 3.10. The third-order valence-electron chi connectivity index (χ3n) is 4.43. The average Bonchev–Trinajstić information content (AvgIpc) is 2.90. The molecule has 1 aromatic carbocycles. The van der Waals surface area contributed by atoms with Gasteiger partial charge in [0.15, 0.2) is 0 Å². The lowest BCUT2D eigenvalue weighted by molar-refractivity contribution is 0.169. The van der Waals surface area contributed by atoms with Crippen molar-refractivity contribution in [2.75, 3.05) is 32.4 Å². The lowest BCUT2D eigenvalue weighted by Crippen LogP contribution is -2.53. The second-order valence-electron chi connectivity index (χ2n) is 5.89. The number of sulfonamides is 1. The van der Waals surface area contributed by atoms with E-state index in [1.54, 1.807) is 4.90 Å². The first kappa shape index (κ1) is 15.3. The van der Waals surface area contributed by atoms with Gasteiger partial charge in [-0.3, -0.25) is 0 Å². The van der Waals surface area contributed by atoms with Crippen molar-refractivity contribution < 1.29 is 13.2 Å². The van der Waals surface area contributed by atoms with Crippen LogP contribution in [0.2, 0.25) is 0 Å². The van der Waals surface area contributed by atoms with Crippen LogP contribution in [0, 0.1) is 0 Å². The highest BCUT2D eigenvalue weighted by Crippen LogP contribution is 2.30. The molecule has 3 rings (SSSR count). The number of urea groups is 1. The number of nitrogens with one attached hydrogen (secondary N) is 1. The van der Waals surface area contributed by atoms with Gasteiger partial charge >= 0.3 is 6.03 Å². The number of amides is 2. The molecule has 1 N–H and O–H groups in total. The molecule has 22 heavy (non-hydrogen) atoms. The van der Waals surface area contributed by atoms with Crippen LogP contribution in [0.15, 0.2) is 24.3 Å². The fourth-order valence-electron chi connectivity index (χ4n) is 3.17. The molecule has 2 amide bonds. The molecule has 1 aliphatic heterocycles. The number of hydrogen-bond donors (Lipinski definition) is 1. The van der Waals surface area contributed by atoms with Crippen molar-refractivity contribution in [1.29, 1.82) is 0 Å². The highest BCUT2D eigenvalue weighted by Gasteiger charge is 2.29. The minimum absolute atomic E-state index is 0.0663. The van der Waals surface area contributed by atoms with Crippen molar-refractivity contribution in [3.63, 3.8) is 0 Å². The van der Waals surface area contributed by atoms with E-state index in [4.69, 9.17) is 0 Å². The molecule has 0 bridgehead atoms. The lowest BCUT2D eigenvalue weighted by Gasteiger charge is -2.34. The number of hydrogen-bond acceptors (Lipinski definition) is 3. The van der Waals surface area contributed by atoms with Gasteiger partial charge < -0.3 is 10.2 Å². The SMILES string of the molecule is CS(=O)(=O)N1CCN(C(=O)NC2CCc3ccccc32)CC1. The van der Waals surface area contributed by atoms with Gasteiger partial charge in [0.2, 0.25) is 10.0 Å². The van der Waals surface area contributed by atoms with Crippen LogP contribution in [0.3, 0.4) is 0 Å². The number of benzene rings is 1. The van der Waals surface area contributed by atoms with Gasteiger partial charge in [0.25, 0.3) is 0 Å². The number of fused-ring (bicyclic) bond motifs is 1. The second-order valence-corrected chi connectivity index (χ2v) is 7.87. The van der Waals surface area contributed by atoms with E-state index in [2.05, 4.69) is 17.4 Å². The van der Waals surface area contributed by atoms with Crippen LogP contribution in [0.1, 0.15) is 23.6 Å². The Morgan fingerprint density at radius 1 is 1.18 bits per heavy atom. The Bertz CT molecular complexity index is 666. The van der Waals surface area contributed by atoms with E-state index in [9.17, 15) is 13.2 Å². The molecule has 0 radical (unpaired) electrons. The van der Waals surface area contributed by atoms with Crippen molar-refractivity contribution in [1.82, 2.24) is 14.5 Å². The zero-order chi connectivity index (χ0) is 15.7. The molecule has 7 heteroatoms. The normalized spacial score (nSPS) is 22.4. The van der Waals surface area contributed by atoms with Crippen LogP contribution >= 0.6 is 0 Å². The van der Waals surface area contributed by atoms with E-state index in [0.717, 1.165) is 12.8 Å². The number of carbonyl (C=O) groups is 1. The Labute approximate surface area is 131 Å². The van der Waals surface area contributed by atoms with Crippen LogP contribution < -0.4 is 5.32 Å². The molecule has 1 aliphatic carbocycles. The summed E-state index contributed by atoms with van der Waals surface area (Å²) in [5.74, 6) is 0. The minimum atomic E-state index is -3.16. The molecule has 0 saturated carbocycles. The quantitative estimate of drug-likeness (QED) is 0.881. The van der Waals surface area contributed by atoms with E-state index in [0.29, 0.717) is 26.2 Å². The van der Waals surface area contributed by atoms with Crippen LogP contribution in [0.5, 0.6) is 0 Å². The molecule has 1 heterocycles. The Morgan fingerprint density at radius 3 is 2.55 bits per heavy atom. The maximum atomic E-state index is 12.4. The topological polar surface area (TPSA) is 69.7 Å². The molecule has 120 valence electrons. The molecule has 1 atom stereocenters. The molecule has 1 unspecified atom stereocenters. The molecule has 0 aromatic heterocycles. The summed E-state index contributed by atoms with van der Waals surface area (Å²) < 4.78 is 24.4. The molecule has 1 saturated heterocycles. The number of rotatable bonds is 2. The van der Waals surface area contributed by atoms with Crippen molar-refractivity contribution in [2.45, 2.75) is 18.9 Å². The highest BCUT2D eigenvalue weighted by molar-refractivity contribution is 7.88. The maximum Gasteiger partial charge on any atom is 0.317 e. The maximum absolute atomic E-state index is 12.4. The van der Waals surface area contributed by atoms with Crippen LogP contribution in [-0.2, 0) is 16.4 Å². The Balaban J connectivity index is 1.58. The van der Waals surface area contributed by atoms with Crippen molar-refractivity contribution in [2.24, 2.45) is 0 Å². The predicted molar refractivity (Wildman–Crippen MR) is 84.0 cm³/mol. The summed E-state index contributed by atoms with van der Waals surface area (Å²) in [6.45, 7) is 1.61. The fourth-order valence-corrected chi connectivity index (χ4v) is 4.00. The standard InChI is InChI=1S/C15H21N3O3S/c1-22(20,21)18-10-8-17(9-11-18)15(19)16-14-7-6-12-4-2-3-5-13(12)14/h2-5,14H,6-11H2,1H3,(H,16,19). The summed E-state index contributed by atoms with van der Waals surface area (Å²) in [5, 5.41) is 3.08. The summed E-state index contributed by atoms with van der Waals surface area (Å²) in [7, 11) is -3.16. The van der Waals surface area contributed by atoms with Gasteiger partial charge in [-0.25, -0.2) is 13.2 Å². The Hall–Kier alpha value is -1.60. The van der Waals surface area contributed by atoms with Crippen LogP contribution in [-0.4, -0.2) is 56.1 Å². The van der Waals surface area contributed by atoms with E-state index in [1.165, 1.54) is 21.7 Å². The van der Waals surface area contributed by atoms with Gasteiger partial charge in [0, 0.05) is 26.2 Å². The molecule has 0 spiro atoms. The fraction of sp³-hybridized carbons (Fsp3) is 0.533. The van der Waals surface area contributed by atoms with Gasteiger partial charge in [-0.15, -0.1) is 0 Å². The summed E-state index contributed by atoms with van der Waals surface area (Å²) in [6, 6.07) is 8.15. The summed E-state index contributed by atoms with van der Waals surface area (Å²) >= 11 is 0. The monoisotopic (exact) mass is 323 g/mol. The Kier molecular flexibility index (Phi) is 4.10. The summed E-state index contributed by atoms with van der Waals surface area (Å²) in [6.07, 6.45) is 3.12. The largest absolute Gasteiger partial charge is 0.331 e. The smallest absolute Gasteiger partial charge is 0.317 e. The van der Waals surface area contributed by atoms with Crippen LogP contribution in [0.25, 0.3) is 0 Å². The molecule has 1 aromatic rings. The second kappa shape index (κ2) is 5.89. The molecular weight excluding hydrogens is 302 g/mol. The molecule has 1 fully saturated rings. The number of aryl methyl sites for hydroxylation is 1. The van der Waals surface area contributed by atoms with Gasteiger partial charge in [0.05, 0.1) is 12.3 Å². The van der Waals surface area contributed by atoms with Gasteiger partial charge in [-0.1, -0.05) is 24.3 Å². The first-order chi connectivity index (χ1) is 10.4. The first-order valence-corrected chi connectivity index (χ1v) is 9.38. The zero-order valence-electron chi connectivity index (χ0n) is 12.7. The van der Waals surface area contributed by atoms with E-state index in [1.807, 2.05) is 12.1 Å². The number of piperazine rings is 1. The molecule has 2 aliphatic rings. The minimum Gasteiger partial charge on any atom is -0.331 e. The van der Waals surface area contributed by atoms with Gasteiger partial charge in [0.1, 0.15) is 0 Å². The average molecular weight is 323 g/mol. The van der Waals surface area contributed by atoms with Crippen molar-refractivity contribution in [3.8, 4) is 0 Å². The van der Waals surface area contributed by atoms with Crippen molar-refractivity contribution >= 4 is 16.1 Å². The highest BCUT2D eigenvalue weighted by atomic mass is 32.2. The lowest BCUT2D eigenvalue weighted by atomic mass is 10.1. The first-order valence-electron chi connectivity index (χ1n) is 7.53.